The molecule has 1 unspecified atom stereocenters. The van der Waals surface area contributed by atoms with E-state index in [1.54, 1.807) is 0 Å². The molecule has 0 aromatic heterocycles. The van der Waals surface area contributed by atoms with E-state index in [4.69, 9.17) is 5.73 Å². The summed E-state index contributed by atoms with van der Waals surface area (Å²) in [6, 6.07) is 3.91. The van der Waals surface area contributed by atoms with Crippen molar-refractivity contribution in [2.45, 2.75) is 18.2 Å². The van der Waals surface area contributed by atoms with E-state index in [1.807, 2.05) is 6.92 Å². The van der Waals surface area contributed by atoms with Gasteiger partial charge in [0.15, 0.2) is 4.90 Å². The second kappa shape index (κ2) is 5.64. The third-order valence-electron chi connectivity index (χ3n) is 3.75. The second-order valence-electron chi connectivity index (χ2n) is 5.47. The van der Waals surface area contributed by atoms with Crippen molar-refractivity contribution < 1.29 is 13.3 Å². The van der Waals surface area contributed by atoms with Gasteiger partial charge >= 0.3 is 0 Å². The summed E-state index contributed by atoms with van der Waals surface area (Å²) in [4.78, 5) is 10.1. The summed E-state index contributed by atoms with van der Waals surface area (Å²) in [5, 5.41) is 11.1. The van der Waals surface area contributed by atoms with Crippen LogP contribution in [0, 0.1) is 15.5 Å². The topological polar surface area (TPSA) is 107 Å². The highest BCUT2D eigenvalue weighted by molar-refractivity contribution is 9.10. The molecule has 0 saturated carbocycles. The summed E-state index contributed by atoms with van der Waals surface area (Å²) in [5.74, 6) is 0. The number of nitrogens with zero attached hydrogens (tertiary/aromatic N) is 2. The molecule has 1 aliphatic rings. The van der Waals surface area contributed by atoms with Crippen LogP contribution in [-0.4, -0.2) is 37.3 Å². The first-order valence-electron chi connectivity index (χ1n) is 6.34. The fourth-order valence-electron chi connectivity index (χ4n) is 2.33. The first-order valence-corrected chi connectivity index (χ1v) is 8.57. The van der Waals surface area contributed by atoms with E-state index < -0.39 is 20.6 Å². The third-order valence-corrected chi connectivity index (χ3v) is 6.12. The van der Waals surface area contributed by atoms with Crippen molar-refractivity contribution in [3.8, 4) is 0 Å². The number of hydrogen-bond donors (Lipinski definition) is 1. The quantitative estimate of drug-likeness (QED) is 0.634. The smallest absolute Gasteiger partial charge is 0.289 e. The molecule has 1 heterocycles. The monoisotopic (exact) mass is 377 g/mol. The Morgan fingerprint density at radius 3 is 2.71 bits per heavy atom. The highest BCUT2D eigenvalue weighted by Gasteiger charge is 2.41. The minimum absolute atomic E-state index is 0.273. The summed E-state index contributed by atoms with van der Waals surface area (Å²) in [7, 11) is -3.91. The van der Waals surface area contributed by atoms with E-state index >= 15 is 0 Å². The predicted octanol–water partition coefficient (Wildman–Crippen LogP) is 1.72. The summed E-state index contributed by atoms with van der Waals surface area (Å²) < 4.78 is 27.1. The molecule has 1 saturated heterocycles. The van der Waals surface area contributed by atoms with Gasteiger partial charge in [-0.15, -0.1) is 0 Å². The lowest BCUT2D eigenvalue weighted by molar-refractivity contribution is -0.387. The lowest BCUT2D eigenvalue weighted by Crippen LogP contribution is -2.34. The van der Waals surface area contributed by atoms with Gasteiger partial charge in [-0.25, -0.2) is 8.42 Å². The Morgan fingerprint density at radius 1 is 1.52 bits per heavy atom. The molecule has 2 N–H and O–H groups in total. The molecule has 2 rings (SSSR count). The minimum Gasteiger partial charge on any atom is -0.330 e. The van der Waals surface area contributed by atoms with Gasteiger partial charge in [0.1, 0.15) is 0 Å². The highest BCUT2D eigenvalue weighted by Crippen LogP contribution is 2.36. The van der Waals surface area contributed by atoms with Crippen molar-refractivity contribution >= 4 is 31.6 Å². The van der Waals surface area contributed by atoms with Crippen LogP contribution in [0.3, 0.4) is 0 Å². The van der Waals surface area contributed by atoms with Crippen LogP contribution in [0.4, 0.5) is 5.69 Å². The molecule has 116 valence electrons. The number of nitro benzene ring substituents is 1. The minimum atomic E-state index is -3.91. The number of sulfonamides is 1. The van der Waals surface area contributed by atoms with Crippen LogP contribution in [-0.2, 0) is 10.0 Å². The van der Waals surface area contributed by atoms with Gasteiger partial charge in [-0.2, -0.15) is 4.31 Å². The first kappa shape index (κ1) is 16.3. The molecule has 7 nitrogen and oxygen atoms in total. The van der Waals surface area contributed by atoms with Crippen molar-refractivity contribution in [1.82, 2.24) is 4.31 Å². The van der Waals surface area contributed by atoms with E-state index in [0.29, 0.717) is 24.0 Å². The molecule has 0 spiro atoms. The Balaban J connectivity index is 2.46. The second-order valence-corrected chi connectivity index (χ2v) is 8.29. The molecule has 1 aliphatic heterocycles. The maximum atomic E-state index is 12.7. The summed E-state index contributed by atoms with van der Waals surface area (Å²) in [6.45, 7) is 2.88. The zero-order chi connectivity index (χ0) is 15.8. The Morgan fingerprint density at radius 2 is 2.19 bits per heavy atom. The van der Waals surface area contributed by atoms with Crippen molar-refractivity contribution in [2.75, 3.05) is 19.6 Å². The van der Waals surface area contributed by atoms with Gasteiger partial charge in [-0.3, -0.25) is 10.1 Å². The van der Waals surface area contributed by atoms with Crippen LogP contribution in [0.25, 0.3) is 0 Å². The van der Waals surface area contributed by atoms with Gasteiger partial charge < -0.3 is 5.73 Å². The highest BCUT2D eigenvalue weighted by atomic mass is 79.9. The maximum absolute atomic E-state index is 12.7. The van der Waals surface area contributed by atoms with Crippen LogP contribution in [0.15, 0.2) is 27.6 Å². The van der Waals surface area contributed by atoms with Crippen LogP contribution in [0.1, 0.15) is 13.3 Å². The van der Waals surface area contributed by atoms with Gasteiger partial charge in [-0.05, 0) is 30.5 Å². The summed E-state index contributed by atoms with van der Waals surface area (Å²) in [5.41, 5.74) is 4.98. The predicted molar refractivity (Wildman–Crippen MR) is 81.3 cm³/mol. The maximum Gasteiger partial charge on any atom is 0.289 e. The molecular weight excluding hydrogens is 362 g/mol. The lowest BCUT2D eigenvalue weighted by Gasteiger charge is -2.22. The summed E-state index contributed by atoms with van der Waals surface area (Å²) in [6.07, 6.45) is 0.643. The van der Waals surface area contributed by atoms with E-state index in [9.17, 15) is 18.5 Å². The third kappa shape index (κ3) is 3.10. The molecule has 21 heavy (non-hydrogen) atoms. The number of benzene rings is 1. The Kier molecular flexibility index (Phi) is 4.39. The van der Waals surface area contributed by atoms with E-state index in [2.05, 4.69) is 15.9 Å². The average molecular weight is 378 g/mol. The molecule has 9 heteroatoms. The van der Waals surface area contributed by atoms with Gasteiger partial charge in [0.25, 0.3) is 5.69 Å². The van der Waals surface area contributed by atoms with Gasteiger partial charge in [-0.1, -0.05) is 22.9 Å². The average Bonchev–Trinajstić information content (AvgIpc) is 2.82. The molecule has 0 radical (unpaired) electrons. The van der Waals surface area contributed by atoms with Crippen LogP contribution in [0.5, 0.6) is 0 Å². The molecule has 0 bridgehead atoms. The van der Waals surface area contributed by atoms with Crippen molar-refractivity contribution in [3.63, 3.8) is 0 Å². The van der Waals surface area contributed by atoms with Gasteiger partial charge in [0, 0.05) is 23.6 Å². The first-order chi connectivity index (χ1) is 9.69. The largest absolute Gasteiger partial charge is 0.330 e. The van der Waals surface area contributed by atoms with Crippen LogP contribution < -0.4 is 5.73 Å². The molecule has 1 aromatic carbocycles. The van der Waals surface area contributed by atoms with Crippen LogP contribution in [0.2, 0.25) is 0 Å². The number of halogens is 1. The van der Waals surface area contributed by atoms with E-state index in [1.165, 1.54) is 22.5 Å². The summed E-state index contributed by atoms with van der Waals surface area (Å²) >= 11 is 3.16. The fraction of sp³-hybridized carbons (Fsp3) is 0.500. The zero-order valence-electron chi connectivity index (χ0n) is 11.5. The van der Waals surface area contributed by atoms with Crippen molar-refractivity contribution in [3.05, 3.63) is 32.8 Å². The van der Waals surface area contributed by atoms with Crippen molar-refractivity contribution in [1.29, 1.82) is 0 Å². The number of hydrogen-bond acceptors (Lipinski definition) is 5. The number of nitro groups is 1. The van der Waals surface area contributed by atoms with E-state index in [0.717, 1.165) is 0 Å². The number of nitrogens with two attached hydrogens (primary N) is 1. The van der Waals surface area contributed by atoms with E-state index in [-0.39, 0.29) is 16.9 Å². The molecule has 1 atom stereocenters. The molecular formula is C12H16BrN3O4S. The van der Waals surface area contributed by atoms with Crippen LogP contribution >= 0.6 is 15.9 Å². The number of rotatable bonds is 4. The standard InChI is InChI=1S/C12H16BrN3O4S/c1-12(7-14)4-5-15(8-12)21(19,20)11-6-9(13)2-3-10(11)16(17)18/h2-3,6H,4-5,7-8,14H2,1H3. The molecule has 1 fully saturated rings. The molecule has 0 amide bonds. The van der Waals surface area contributed by atoms with Gasteiger partial charge in [0.05, 0.1) is 4.92 Å². The Hall–Kier alpha value is -1.03. The van der Waals surface area contributed by atoms with Crippen molar-refractivity contribution in [2.24, 2.45) is 11.1 Å². The zero-order valence-corrected chi connectivity index (χ0v) is 13.9. The molecule has 0 aliphatic carbocycles. The normalized spacial score (nSPS) is 23.4. The Labute approximate surface area is 131 Å². The Bertz CT molecular complexity index is 679. The molecule has 1 aromatic rings. The van der Waals surface area contributed by atoms with Gasteiger partial charge in [0.2, 0.25) is 10.0 Å². The fourth-order valence-corrected chi connectivity index (χ4v) is 4.62. The SMILES string of the molecule is CC1(CN)CCN(S(=O)(=O)c2cc(Br)ccc2[N+](=O)[O-])C1. The lowest BCUT2D eigenvalue weighted by atomic mass is 9.90.